The first-order valence-corrected chi connectivity index (χ1v) is 14.9. The van der Waals surface area contributed by atoms with Gasteiger partial charge in [0.25, 0.3) is 0 Å². The molecule has 0 N–H and O–H groups in total. The molecule has 0 aromatic carbocycles. The van der Waals surface area contributed by atoms with Crippen molar-refractivity contribution in [3.8, 4) is 0 Å². The van der Waals surface area contributed by atoms with Crippen molar-refractivity contribution in [3.63, 3.8) is 0 Å². The summed E-state index contributed by atoms with van der Waals surface area (Å²) in [6, 6.07) is 0. The van der Waals surface area contributed by atoms with Crippen molar-refractivity contribution in [1.82, 2.24) is 0 Å². The van der Waals surface area contributed by atoms with E-state index in [9.17, 15) is 0 Å². The van der Waals surface area contributed by atoms with Gasteiger partial charge in [0.05, 0.1) is 0 Å². The first-order chi connectivity index (χ1) is 2.27. The second-order valence-corrected chi connectivity index (χ2v) is 25.2. The van der Waals surface area contributed by atoms with Gasteiger partial charge in [-0.15, -0.1) is 0 Å². The molecule has 5 heavy (non-hydrogen) atoms. The zero-order chi connectivity index (χ0) is 4.28. The molecule has 0 unspecified atom stereocenters. The van der Waals surface area contributed by atoms with Gasteiger partial charge in [0.15, 0.2) is 0 Å². The molecule has 0 heterocycles. The van der Waals surface area contributed by atoms with E-state index in [-0.39, 0.29) is 0 Å². The van der Waals surface area contributed by atoms with Gasteiger partial charge in [0.2, 0.25) is 0 Å². The van der Waals surface area contributed by atoms with E-state index in [4.69, 9.17) is 0 Å². The molecule has 0 saturated heterocycles. The fraction of sp³-hybridized carbons (Fsp3) is 1.00. The first kappa shape index (κ1) is 7.25. The Kier molecular flexibility index (Phi) is 6.41. The summed E-state index contributed by atoms with van der Waals surface area (Å²) in [6.07, 6.45) is 0. The summed E-state index contributed by atoms with van der Waals surface area (Å²) in [7, 11) is 0. The van der Waals surface area contributed by atoms with Crippen molar-refractivity contribution in [2.45, 2.75) is 6.82 Å². The fourth-order valence-electron chi connectivity index (χ4n) is 0. The third-order valence-electron chi connectivity index (χ3n) is 0.165. The van der Waals surface area contributed by atoms with Gasteiger partial charge in [-0.2, -0.15) is 0 Å². The summed E-state index contributed by atoms with van der Waals surface area (Å²) in [6.45, 7) is 2.13. The topological polar surface area (TPSA) is 0 Å². The van der Waals surface area contributed by atoms with Crippen LogP contribution >= 0.6 is 48.9 Å². The summed E-state index contributed by atoms with van der Waals surface area (Å²) in [5.74, 6) is 0. The molecule has 0 fully saturated rings. The quantitative estimate of drug-likeness (QED) is 0.464. The van der Waals surface area contributed by atoms with Crippen LogP contribution < -0.4 is 0 Å². The summed E-state index contributed by atoms with van der Waals surface area (Å²) in [5, 5.41) is 2.30. The third-order valence-corrected chi connectivity index (χ3v) is 7.42. The van der Waals surface area contributed by atoms with Crippen molar-refractivity contribution < 1.29 is 0 Å². The molecule has 0 atom stereocenters. The molecule has 0 rings (SSSR count). The van der Waals surface area contributed by atoms with Crippen molar-refractivity contribution in [2.75, 3.05) is 0 Å². The Bertz CT molecular complexity index is 20.9. The summed E-state index contributed by atoms with van der Waals surface area (Å²) in [4.78, 5) is 0. The van der Waals surface area contributed by atoms with Gasteiger partial charge in [0.1, 0.15) is 0 Å². The minimum atomic E-state index is -0.467. The molecule has 0 aliphatic carbocycles. The number of halogens is 3. The van der Waals surface area contributed by atoms with Crippen LogP contribution in [-0.2, 0) is 0 Å². The van der Waals surface area contributed by atoms with Crippen LogP contribution in [0.15, 0.2) is 0 Å². The molecule has 0 aromatic heterocycles. The zero-order valence-corrected chi connectivity index (χ0v) is 9.18. The van der Waals surface area contributed by atoms with Crippen LogP contribution in [-0.4, -0.2) is 5.14 Å². The Balaban J connectivity index is 2.54. The summed E-state index contributed by atoms with van der Waals surface area (Å²) in [5.41, 5.74) is 0. The predicted octanol–water partition coefficient (Wildman–Crippen LogP) is 2.86. The van der Waals surface area contributed by atoms with Gasteiger partial charge < -0.3 is 0 Å². The number of hydrogen-bond donors (Lipinski definition) is 0. The Morgan fingerprint density at radius 1 is 1.60 bits per heavy atom. The van der Waals surface area contributed by atoms with Crippen molar-refractivity contribution >= 4 is 54.0 Å². The van der Waals surface area contributed by atoms with E-state index in [1.165, 1.54) is 0 Å². The van der Waals surface area contributed by atoms with Crippen LogP contribution in [0.25, 0.3) is 0 Å². The van der Waals surface area contributed by atoms with E-state index in [0.717, 1.165) is 0 Å². The van der Waals surface area contributed by atoms with Gasteiger partial charge in [-0.25, -0.2) is 0 Å². The Morgan fingerprint density at radius 3 is 1.80 bits per heavy atom. The van der Waals surface area contributed by atoms with Crippen LogP contribution in [0, 0.1) is 0 Å². The Hall–Kier alpha value is 2.25. The van der Waals surface area contributed by atoms with Gasteiger partial charge >= 0.3 is 60.8 Å². The first-order valence-electron chi connectivity index (χ1n) is 1.08. The molecule has 0 amide bonds. The van der Waals surface area contributed by atoms with E-state index in [0.29, 0.717) is 0 Å². The molecule has 1 radical (unpaired) electrons. The monoisotopic (exact) mass is 407 g/mol. The summed E-state index contributed by atoms with van der Waals surface area (Å²) >= 11 is 4.52. The maximum absolute atomic E-state index is 2.49. The van der Waals surface area contributed by atoms with Crippen LogP contribution in [0.5, 0.6) is 0 Å². The fourth-order valence-corrected chi connectivity index (χ4v) is 0. The van der Waals surface area contributed by atoms with Gasteiger partial charge in [-0.3, -0.25) is 0 Å². The molecule has 31 valence electrons. The van der Waals surface area contributed by atoms with Gasteiger partial charge in [-0.1, -0.05) is 0 Å². The second-order valence-electron chi connectivity index (χ2n) is 0.437. The van der Waals surface area contributed by atoms with E-state index in [1.54, 1.807) is 0 Å². The molecule has 0 aromatic rings. The van der Waals surface area contributed by atoms with E-state index in [2.05, 4.69) is 49.2 Å². The molecular weight excluding hydrogens is 404 g/mol. The van der Waals surface area contributed by atoms with Crippen LogP contribution in [0.3, 0.4) is 0 Å². The molecule has 0 bridgehead atoms. The van der Waals surface area contributed by atoms with Crippen LogP contribution in [0.2, 0.25) is 6.82 Å². The maximum atomic E-state index is 2.49. The van der Waals surface area contributed by atoms with Crippen molar-refractivity contribution in [1.29, 1.82) is 0 Å². The molecule has 0 spiro atoms. The Labute approximate surface area is 59.6 Å². The summed E-state index contributed by atoms with van der Waals surface area (Å²) < 4.78 is 0. The van der Waals surface area contributed by atoms with Crippen LogP contribution in [0.1, 0.15) is 0 Å². The third kappa shape index (κ3) is 6.25. The molecule has 0 aliphatic rings. The number of rotatable bonds is 1. The van der Waals surface area contributed by atoms with E-state index < -0.39 is 11.7 Å². The van der Waals surface area contributed by atoms with Gasteiger partial charge in [-0.05, 0) is 0 Å². The molecular formula is CH3BI3. The van der Waals surface area contributed by atoms with Crippen LogP contribution in [0.4, 0.5) is 0 Å². The number of hydrogen-bond acceptors (Lipinski definition) is 0. The van der Waals surface area contributed by atoms with E-state index in [1.807, 2.05) is 0 Å². The molecule has 0 saturated carbocycles. The normalized spacial score (nSPS) is 10.6. The molecule has 0 aliphatic heterocycles. The molecule has 0 nitrogen and oxygen atoms in total. The van der Waals surface area contributed by atoms with Crippen molar-refractivity contribution in [2.24, 2.45) is 0 Å². The second kappa shape index (κ2) is 4.41. The zero-order valence-electron chi connectivity index (χ0n) is 2.71. The average molecular weight is 407 g/mol. The minimum absolute atomic E-state index is 0.467. The SMILES string of the molecule is C[B]I(I)I. The van der Waals surface area contributed by atoms with E-state index >= 15 is 0 Å². The standard InChI is InChI=1S/CH3BI3/c1-2-5(3)4/h1H3. The van der Waals surface area contributed by atoms with Gasteiger partial charge in [0, 0.05) is 0 Å². The van der Waals surface area contributed by atoms with Crippen molar-refractivity contribution in [3.05, 3.63) is 0 Å². The Morgan fingerprint density at radius 2 is 1.80 bits per heavy atom. The molecule has 4 heteroatoms. The average Bonchev–Trinajstić information content (AvgIpc) is 1.38. The predicted molar refractivity (Wildman–Crippen MR) is 53.7 cm³/mol.